The molecule has 0 saturated heterocycles. The largest absolute Gasteiger partial charge is 0.493 e. The number of fused-ring (bicyclic) bond motifs is 1. The van der Waals surface area contributed by atoms with E-state index in [1.54, 1.807) is 0 Å². The number of carbonyl (C=O) groups excluding carboxylic acids is 1. The van der Waals surface area contributed by atoms with E-state index >= 15 is 0 Å². The van der Waals surface area contributed by atoms with Gasteiger partial charge >= 0.3 is 0 Å². The molecule has 1 heterocycles. The van der Waals surface area contributed by atoms with Crippen LogP contribution in [-0.2, 0) is 4.79 Å². The molecule has 114 valence electrons. The van der Waals surface area contributed by atoms with Crippen molar-refractivity contribution in [1.82, 2.24) is 5.32 Å². The van der Waals surface area contributed by atoms with Crippen LogP contribution in [0.15, 0.2) is 24.3 Å². The summed E-state index contributed by atoms with van der Waals surface area (Å²) in [6.07, 6.45) is 4.08. The first-order valence-corrected chi connectivity index (χ1v) is 7.90. The van der Waals surface area contributed by atoms with E-state index in [9.17, 15) is 9.90 Å². The Morgan fingerprint density at radius 2 is 2.05 bits per heavy atom. The van der Waals surface area contributed by atoms with Crippen molar-refractivity contribution in [2.75, 3.05) is 19.8 Å². The zero-order valence-electron chi connectivity index (χ0n) is 12.3. The monoisotopic (exact) mass is 289 g/mol. The van der Waals surface area contributed by atoms with Crippen molar-refractivity contribution in [1.29, 1.82) is 0 Å². The Balaban J connectivity index is 1.61. The van der Waals surface area contributed by atoms with E-state index in [1.165, 1.54) is 0 Å². The second-order valence-electron chi connectivity index (χ2n) is 6.11. The number of hydrogen-bond donors (Lipinski definition) is 2. The Morgan fingerprint density at radius 3 is 2.90 bits per heavy atom. The Hall–Kier alpha value is -1.55. The first-order valence-electron chi connectivity index (χ1n) is 7.90. The van der Waals surface area contributed by atoms with Crippen molar-refractivity contribution in [3.63, 3.8) is 0 Å². The van der Waals surface area contributed by atoms with Crippen LogP contribution in [-0.4, -0.2) is 30.8 Å². The van der Waals surface area contributed by atoms with Gasteiger partial charge in [0.15, 0.2) is 0 Å². The van der Waals surface area contributed by atoms with Gasteiger partial charge in [-0.3, -0.25) is 4.79 Å². The van der Waals surface area contributed by atoms with E-state index in [-0.39, 0.29) is 18.4 Å². The Morgan fingerprint density at radius 1 is 1.24 bits per heavy atom. The molecule has 1 fully saturated rings. The summed E-state index contributed by atoms with van der Waals surface area (Å²) in [4.78, 5) is 12.5. The number of amides is 1. The van der Waals surface area contributed by atoms with Gasteiger partial charge in [0, 0.05) is 18.7 Å². The Bertz CT molecular complexity index is 503. The lowest BCUT2D eigenvalue weighted by Crippen LogP contribution is -2.36. The molecule has 1 saturated carbocycles. The summed E-state index contributed by atoms with van der Waals surface area (Å²) in [7, 11) is 0. The van der Waals surface area contributed by atoms with Gasteiger partial charge < -0.3 is 15.2 Å². The van der Waals surface area contributed by atoms with Crippen molar-refractivity contribution in [2.45, 2.75) is 31.6 Å². The third-order valence-corrected chi connectivity index (χ3v) is 4.86. The van der Waals surface area contributed by atoms with Crippen molar-refractivity contribution in [2.24, 2.45) is 11.8 Å². The summed E-state index contributed by atoms with van der Waals surface area (Å²) in [5, 5.41) is 12.4. The maximum Gasteiger partial charge on any atom is 0.227 e. The standard InChI is InChI=1S/C17H23NO3/c19-11-13-5-3-4-12(13)10-18-17(20)15-8-9-21-16-7-2-1-6-14(15)16/h1-2,6-7,12-13,15,19H,3-5,8-11H2,(H,18,20). The van der Waals surface area contributed by atoms with E-state index < -0.39 is 0 Å². The lowest BCUT2D eigenvalue weighted by Gasteiger charge is -2.26. The van der Waals surface area contributed by atoms with E-state index in [4.69, 9.17) is 4.74 Å². The average molecular weight is 289 g/mol. The molecule has 3 atom stereocenters. The normalized spacial score (nSPS) is 27.8. The Labute approximate surface area is 125 Å². The highest BCUT2D eigenvalue weighted by Crippen LogP contribution is 2.34. The number of para-hydroxylation sites is 1. The number of benzene rings is 1. The molecule has 3 rings (SSSR count). The molecule has 2 aliphatic rings. The molecule has 0 spiro atoms. The molecule has 21 heavy (non-hydrogen) atoms. The molecule has 2 N–H and O–H groups in total. The molecule has 1 aliphatic heterocycles. The molecule has 4 nitrogen and oxygen atoms in total. The number of rotatable bonds is 4. The van der Waals surface area contributed by atoms with Crippen molar-refractivity contribution >= 4 is 5.91 Å². The smallest absolute Gasteiger partial charge is 0.227 e. The highest BCUT2D eigenvalue weighted by Gasteiger charge is 2.30. The van der Waals surface area contributed by atoms with E-state index in [0.717, 1.165) is 37.0 Å². The summed E-state index contributed by atoms with van der Waals surface area (Å²) in [6.45, 7) is 1.52. The predicted octanol–water partition coefficient (Wildman–Crippen LogP) is 2.08. The molecule has 0 bridgehead atoms. The molecule has 1 aromatic rings. The van der Waals surface area contributed by atoms with Crippen molar-refractivity contribution < 1.29 is 14.6 Å². The second-order valence-corrected chi connectivity index (χ2v) is 6.11. The molecular weight excluding hydrogens is 266 g/mol. The predicted molar refractivity (Wildman–Crippen MR) is 80.2 cm³/mol. The van der Waals surface area contributed by atoms with Crippen LogP contribution in [0.1, 0.15) is 37.2 Å². The maximum atomic E-state index is 12.5. The van der Waals surface area contributed by atoms with Crippen LogP contribution in [0.5, 0.6) is 5.75 Å². The molecule has 1 aliphatic carbocycles. The summed E-state index contributed by atoms with van der Waals surface area (Å²) < 4.78 is 5.60. The fraction of sp³-hybridized carbons (Fsp3) is 0.588. The highest BCUT2D eigenvalue weighted by atomic mass is 16.5. The van der Waals surface area contributed by atoms with Crippen molar-refractivity contribution in [3.05, 3.63) is 29.8 Å². The number of aliphatic hydroxyl groups is 1. The number of ether oxygens (including phenoxy) is 1. The summed E-state index contributed by atoms with van der Waals surface area (Å²) in [5.74, 6) is 1.59. The van der Waals surface area contributed by atoms with Gasteiger partial charge in [-0.25, -0.2) is 0 Å². The van der Waals surface area contributed by atoms with E-state index in [1.807, 2.05) is 24.3 Å². The third kappa shape index (κ3) is 3.05. The van der Waals surface area contributed by atoms with Gasteiger partial charge in [-0.15, -0.1) is 0 Å². The lowest BCUT2D eigenvalue weighted by molar-refractivity contribution is -0.123. The molecule has 3 unspecified atom stereocenters. The number of aliphatic hydroxyl groups excluding tert-OH is 1. The minimum absolute atomic E-state index is 0.0920. The molecule has 1 aromatic carbocycles. The first kappa shape index (κ1) is 14.4. The zero-order valence-corrected chi connectivity index (χ0v) is 12.3. The lowest BCUT2D eigenvalue weighted by atomic mass is 9.91. The molecule has 1 amide bonds. The maximum absolute atomic E-state index is 12.5. The molecule has 4 heteroatoms. The number of carbonyl (C=O) groups is 1. The van der Waals surface area contributed by atoms with Crippen LogP contribution in [0.4, 0.5) is 0 Å². The van der Waals surface area contributed by atoms with Crippen molar-refractivity contribution in [3.8, 4) is 5.75 Å². The quantitative estimate of drug-likeness (QED) is 0.892. The molecule has 0 radical (unpaired) electrons. The van der Waals surface area contributed by atoms with Gasteiger partial charge in [0.1, 0.15) is 5.75 Å². The summed E-state index contributed by atoms with van der Waals surface area (Å²) in [5.41, 5.74) is 0.992. The van der Waals surface area contributed by atoms with Crippen LogP contribution in [0.25, 0.3) is 0 Å². The van der Waals surface area contributed by atoms with Gasteiger partial charge in [0.05, 0.1) is 12.5 Å². The third-order valence-electron chi connectivity index (χ3n) is 4.86. The summed E-state index contributed by atoms with van der Waals surface area (Å²) in [6, 6.07) is 7.79. The topological polar surface area (TPSA) is 58.6 Å². The van der Waals surface area contributed by atoms with Gasteiger partial charge in [-0.05, 0) is 37.2 Å². The van der Waals surface area contributed by atoms with Crippen LogP contribution < -0.4 is 10.1 Å². The Kier molecular flexibility index (Phi) is 4.44. The minimum Gasteiger partial charge on any atom is -0.493 e. The first-order chi connectivity index (χ1) is 10.3. The van der Waals surface area contributed by atoms with Crippen LogP contribution in [0.3, 0.4) is 0 Å². The minimum atomic E-state index is -0.107. The fourth-order valence-corrected chi connectivity index (χ4v) is 3.59. The molecule has 0 aromatic heterocycles. The van der Waals surface area contributed by atoms with Crippen LogP contribution in [0, 0.1) is 11.8 Å². The van der Waals surface area contributed by atoms with E-state index in [2.05, 4.69) is 5.32 Å². The van der Waals surface area contributed by atoms with Crippen LogP contribution >= 0.6 is 0 Å². The number of hydrogen-bond acceptors (Lipinski definition) is 3. The fourth-order valence-electron chi connectivity index (χ4n) is 3.59. The van der Waals surface area contributed by atoms with Gasteiger partial charge in [-0.2, -0.15) is 0 Å². The van der Waals surface area contributed by atoms with E-state index in [0.29, 0.717) is 25.0 Å². The SMILES string of the molecule is O=C(NCC1CCCC1CO)C1CCOc2ccccc21. The zero-order chi connectivity index (χ0) is 14.7. The van der Waals surface area contributed by atoms with Gasteiger partial charge in [0.2, 0.25) is 5.91 Å². The highest BCUT2D eigenvalue weighted by molar-refractivity contribution is 5.84. The average Bonchev–Trinajstić information content (AvgIpc) is 2.99. The van der Waals surface area contributed by atoms with Crippen LogP contribution in [0.2, 0.25) is 0 Å². The summed E-state index contributed by atoms with van der Waals surface area (Å²) >= 11 is 0. The second kappa shape index (κ2) is 6.48. The van der Waals surface area contributed by atoms with Gasteiger partial charge in [-0.1, -0.05) is 24.6 Å². The molecular formula is C17H23NO3. The van der Waals surface area contributed by atoms with Gasteiger partial charge in [0.25, 0.3) is 0 Å². The number of nitrogens with one attached hydrogen (secondary N) is 1.